The van der Waals surface area contributed by atoms with Crippen LogP contribution in [0.3, 0.4) is 0 Å². The van der Waals surface area contributed by atoms with E-state index in [-0.39, 0.29) is 17.0 Å². The highest BCUT2D eigenvalue weighted by atomic mass is 32.2. The van der Waals surface area contributed by atoms with E-state index in [1.807, 2.05) is 18.9 Å². The Labute approximate surface area is 120 Å². The molecule has 2 rings (SSSR count). The number of nitrogen functional groups attached to an aromatic ring is 1. The van der Waals surface area contributed by atoms with Crippen molar-refractivity contribution in [3.8, 4) is 0 Å². The Morgan fingerprint density at radius 3 is 2.20 bits per heavy atom. The summed E-state index contributed by atoms with van der Waals surface area (Å²) < 4.78 is 24.8. The van der Waals surface area contributed by atoms with Crippen LogP contribution in [0, 0.1) is 0 Å². The smallest absolute Gasteiger partial charge is 0.253 e. The van der Waals surface area contributed by atoms with E-state index in [9.17, 15) is 8.42 Å². The van der Waals surface area contributed by atoms with Crippen molar-refractivity contribution in [1.29, 1.82) is 0 Å². The Kier molecular flexibility index (Phi) is 4.64. The Hall–Kier alpha value is -1.15. The molecule has 0 saturated carbocycles. The van der Waals surface area contributed by atoms with Gasteiger partial charge in [0.2, 0.25) is 0 Å². The van der Waals surface area contributed by atoms with Crippen molar-refractivity contribution in [3.63, 3.8) is 0 Å². The van der Waals surface area contributed by atoms with Crippen molar-refractivity contribution < 1.29 is 8.42 Å². The molecule has 0 bridgehead atoms. The molecule has 0 aromatic heterocycles. The molecule has 1 aromatic carbocycles. The maximum absolute atomic E-state index is 12.4. The molecule has 1 aromatic rings. The third-order valence-corrected chi connectivity index (χ3v) is 5.09. The van der Waals surface area contributed by atoms with Crippen LogP contribution in [0.2, 0.25) is 0 Å². The molecule has 1 saturated heterocycles. The van der Waals surface area contributed by atoms with Crippen molar-refractivity contribution in [2.75, 3.05) is 5.43 Å². The van der Waals surface area contributed by atoms with Gasteiger partial charge >= 0.3 is 0 Å². The highest BCUT2D eigenvalue weighted by molar-refractivity contribution is 7.89. The highest BCUT2D eigenvalue weighted by Gasteiger charge is 2.29. The van der Waals surface area contributed by atoms with Gasteiger partial charge in [0.25, 0.3) is 10.0 Å². The normalized spacial score (nSPS) is 24.6. The summed E-state index contributed by atoms with van der Waals surface area (Å²) in [7, 11) is -3.54. The lowest BCUT2D eigenvalue weighted by Crippen LogP contribution is -2.53. The molecule has 0 aliphatic carbocycles. The molecule has 1 fully saturated rings. The van der Waals surface area contributed by atoms with Gasteiger partial charge in [-0.3, -0.25) is 5.84 Å². The maximum Gasteiger partial charge on any atom is 0.253 e. The third-order valence-electron chi connectivity index (χ3n) is 3.75. The second kappa shape index (κ2) is 6.09. The van der Waals surface area contributed by atoms with Crippen molar-refractivity contribution in [1.82, 2.24) is 9.84 Å². The predicted octanol–water partition coefficient (Wildman–Crippen LogP) is 1.43. The zero-order valence-electron chi connectivity index (χ0n) is 11.8. The number of hydrazine groups is 2. The van der Waals surface area contributed by atoms with E-state index in [4.69, 9.17) is 5.84 Å². The summed E-state index contributed by atoms with van der Waals surface area (Å²) in [6.45, 7) is 4.08. The summed E-state index contributed by atoms with van der Waals surface area (Å²) >= 11 is 0. The van der Waals surface area contributed by atoms with Crippen LogP contribution in [0.1, 0.15) is 33.1 Å². The summed E-state index contributed by atoms with van der Waals surface area (Å²) in [6, 6.07) is 6.76. The number of nitrogens with zero attached hydrogens (tertiary/aromatic N) is 1. The first-order valence-corrected chi connectivity index (χ1v) is 8.30. The van der Waals surface area contributed by atoms with Crippen LogP contribution in [-0.4, -0.2) is 25.5 Å². The van der Waals surface area contributed by atoms with Gasteiger partial charge in [-0.2, -0.15) is 0 Å². The first-order valence-electron chi connectivity index (χ1n) is 6.81. The van der Waals surface area contributed by atoms with Gasteiger partial charge in [0, 0.05) is 17.8 Å². The van der Waals surface area contributed by atoms with Crippen molar-refractivity contribution in [3.05, 3.63) is 24.3 Å². The average molecular weight is 298 g/mol. The van der Waals surface area contributed by atoms with E-state index in [2.05, 4.69) is 10.3 Å². The minimum absolute atomic E-state index is 0.207. The van der Waals surface area contributed by atoms with Gasteiger partial charge in [0.15, 0.2) is 0 Å². The van der Waals surface area contributed by atoms with E-state index in [0.29, 0.717) is 5.69 Å². The summed E-state index contributed by atoms with van der Waals surface area (Å²) in [6.07, 6.45) is 3.14. The first-order chi connectivity index (χ1) is 9.44. The Morgan fingerprint density at radius 1 is 1.15 bits per heavy atom. The minimum Gasteiger partial charge on any atom is -0.324 e. The summed E-state index contributed by atoms with van der Waals surface area (Å²) in [5, 5.41) is 1.84. The van der Waals surface area contributed by atoms with E-state index in [0.717, 1.165) is 19.3 Å². The molecule has 0 amide bonds. The molecule has 1 aliphatic rings. The van der Waals surface area contributed by atoms with E-state index in [1.54, 1.807) is 12.1 Å². The van der Waals surface area contributed by atoms with E-state index < -0.39 is 10.0 Å². The second-order valence-electron chi connectivity index (χ2n) is 5.30. The van der Waals surface area contributed by atoms with E-state index in [1.165, 1.54) is 12.1 Å². The number of nitrogens with two attached hydrogens (primary N) is 1. The molecule has 1 heterocycles. The summed E-state index contributed by atoms with van der Waals surface area (Å²) in [5.74, 6) is 5.27. The van der Waals surface area contributed by atoms with Crippen molar-refractivity contribution in [2.24, 2.45) is 5.84 Å². The predicted molar refractivity (Wildman–Crippen MR) is 79.2 cm³/mol. The quantitative estimate of drug-likeness (QED) is 0.578. The Bertz CT molecular complexity index is 534. The molecular formula is C13H22N4O2S. The van der Waals surface area contributed by atoms with Gasteiger partial charge in [-0.15, -0.1) is 4.83 Å². The van der Waals surface area contributed by atoms with Crippen molar-refractivity contribution >= 4 is 15.7 Å². The number of hydrogen-bond acceptors (Lipinski definition) is 5. The van der Waals surface area contributed by atoms with Gasteiger partial charge in [-0.05, 0) is 51.0 Å². The topological polar surface area (TPSA) is 87.5 Å². The van der Waals surface area contributed by atoms with Gasteiger partial charge in [-0.1, -0.05) is 6.42 Å². The second-order valence-corrected chi connectivity index (χ2v) is 6.96. The van der Waals surface area contributed by atoms with Crippen LogP contribution in [0.5, 0.6) is 0 Å². The third kappa shape index (κ3) is 3.29. The molecule has 2 atom stereocenters. The minimum atomic E-state index is -3.54. The SMILES string of the molecule is CC1CCCC(C)N1NS(=O)(=O)c1ccc(NN)cc1. The fraction of sp³-hybridized carbons (Fsp3) is 0.538. The standard InChI is InChI=1S/C13H22N4O2S/c1-10-4-3-5-11(2)17(10)16-20(18,19)13-8-6-12(15-14)7-9-13/h6-11,15-16H,3-5,14H2,1-2H3. The van der Waals surface area contributed by atoms with Crippen LogP contribution in [-0.2, 0) is 10.0 Å². The van der Waals surface area contributed by atoms with Crippen molar-refractivity contribution in [2.45, 2.75) is 50.1 Å². The Morgan fingerprint density at radius 2 is 1.70 bits per heavy atom. The monoisotopic (exact) mass is 298 g/mol. The summed E-state index contributed by atoms with van der Waals surface area (Å²) in [4.78, 5) is 2.94. The first kappa shape index (κ1) is 15.2. The fourth-order valence-electron chi connectivity index (χ4n) is 2.52. The van der Waals surface area contributed by atoms with Crippen LogP contribution in [0.15, 0.2) is 29.2 Å². The molecule has 0 spiro atoms. The number of sulfonamides is 1. The lowest BCUT2D eigenvalue weighted by Gasteiger charge is -2.38. The molecular weight excluding hydrogens is 276 g/mol. The van der Waals surface area contributed by atoms with Crippen LogP contribution >= 0.6 is 0 Å². The van der Waals surface area contributed by atoms with Crippen LogP contribution in [0.4, 0.5) is 5.69 Å². The molecule has 4 N–H and O–H groups in total. The number of nitrogens with one attached hydrogen (secondary N) is 2. The fourth-order valence-corrected chi connectivity index (χ4v) is 3.76. The summed E-state index contributed by atoms with van der Waals surface area (Å²) in [5.41, 5.74) is 3.15. The van der Waals surface area contributed by atoms with Gasteiger partial charge in [0.1, 0.15) is 0 Å². The van der Waals surface area contributed by atoms with Gasteiger partial charge in [-0.25, -0.2) is 13.4 Å². The molecule has 112 valence electrons. The lowest BCUT2D eigenvalue weighted by molar-refractivity contribution is 0.0790. The molecule has 20 heavy (non-hydrogen) atoms. The molecule has 1 aliphatic heterocycles. The molecule has 7 heteroatoms. The number of anilines is 1. The zero-order chi connectivity index (χ0) is 14.8. The molecule has 0 radical (unpaired) electrons. The van der Waals surface area contributed by atoms with Gasteiger partial charge < -0.3 is 5.43 Å². The van der Waals surface area contributed by atoms with Crippen LogP contribution in [0.25, 0.3) is 0 Å². The maximum atomic E-state index is 12.4. The van der Waals surface area contributed by atoms with Gasteiger partial charge in [0.05, 0.1) is 4.90 Å². The largest absolute Gasteiger partial charge is 0.324 e. The number of benzene rings is 1. The highest BCUT2D eigenvalue weighted by Crippen LogP contribution is 2.22. The van der Waals surface area contributed by atoms with E-state index >= 15 is 0 Å². The lowest BCUT2D eigenvalue weighted by atomic mass is 10.0. The number of rotatable bonds is 4. The Balaban J connectivity index is 2.17. The molecule has 2 unspecified atom stereocenters. The van der Waals surface area contributed by atoms with Crippen LogP contribution < -0.4 is 16.1 Å². The average Bonchev–Trinajstić information content (AvgIpc) is 2.43. The molecule has 6 nitrogen and oxygen atoms in total. The number of hydrogen-bond donors (Lipinski definition) is 3. The zero-order valence-corrected chi connectivity index (χ0v) is 12.7. The number of piperidine rings is 1.